The predicted molar refractivity (Wildman–Crippen MR) is 117 cm³/mol. The van der Waals surface area contributed by atoms with Crippen molar-refractivity contribution >= 4 is 27.3 Å². The van der Waals surface area contributed by atoms with E-state index in [1.807, 2.05) is 12.1 Å². The second-order valence-corrected chi connectivity index (χ2v) is 9.18. The summed E-state index contributed by atoms with van der Waals surface area (Å²) in [6.07, 6.45) is 3.57. The van der Waals surface area contributed by atoms with Crippen molar-refractivity contribution in [3.63, 3.8) is 0 Å². The van der Waals surface area contributed by atoms with Crippen molar-refractivity contribution in [2.45, 2.75) is 6.92 Å². The average molecular weight is 436 g/mol. The van der Waals surface area contributed by atoms with Gasteiger partial charge < -0.3 is 15.2 Å². The summed E-state index contributed by atoms with van der Waals surface area (Å²) in [6.45, 7) is 1.97. The van der Waals surface area contributed by atoms with Crippen molar-refractivity contribution in [1.29, 1.82) is 0 Å². The van der Waals surface area contributed by atoms with Crippen LogP contribution >= 0.6 is 11.6 Å². The van der Waals surface area contributed by atoms with Crippen LogP contribution in [-0.2, 0) is 10.0 Å². The molecular formula is C21H24ClN2O4S+. The number of hydrogen-bond acceptors (Lipinski definition) is 5. The molecule has 1 aliphatic heterocycles. The third-order valence-corrected chi connectivity index (χ3v) is 7.73. The summed E-state index contributed by atoms with van der Waals surface area (Å²) in [5.41, 5.74) is 6.91. The maximum atomic E-state index is 13.1. The van der Waals surface area contributed by atoms with Crippen LogP contribution in [0.4, 0.5) is 5.69 Å². The van der Waals surface area contributed by atoms with Crippen LogP contribution in [0.25, 0.3) is 0 Å². The summed E-state index contributed by atoms with van der Waals surface area (Å²) >= 11 is 6.61. The van der Waals surface area contributed by atoms with Crippen molar-refractivity contribution in [2.24, 2.45) is 5.73 Å². The highest BCUT2D eigenvalue weighted by atomic mass is 35.5. The third-order valence-electron chi connectivity index (χ3n) is 4.87. The summed E-state index contributed by atoms with van der Waals surface area (Å²) < 4.78 is 37.0. The fourth-order valence-electron chi connectivity index (χ4n) is 3.30. The number of halogens is 1. The van der Waals surface area contributed by atoms with Gasteiger partial charge in [-0.3, -0.25) is 0 Å². The lowest BCUT2D eigenvalue weighted by molar-refractivity contribution is 0.379. The number of benzene rings is 2. The summed E-state index contributed by atoms with van der Waals surface area (Å²) in [7, 11) is -2.06. The minimum absolute atomic E-state index is 0.0611. The van der Waals surface area contributed by atoms with Crippen LogP contribution in [0.3, 0.4) is 0 Å². The lowest BCUT2D eigenvalue weighted by Gasteiger charge is -2.36. The maximum absolute atomic E-state index is 13.1. The molecule has 6 nitrogen and oxygen atoms in total. The molecule has 1 aliphatic rings. The number of sulfonamides is 1. The Morgan fingerprint density at radius 3 is 2.34 bits per heavy atom. The minimum atomic E-state index is -3.63. The smallest absolute Gasteiger partial charge is 0.307 e. The van der Waals surface area contributed by atoms with Crippen LogP contribution < -0.4 is 19.1 Å². The van der Waals surface area contributed by atoms with E-state index < -0.39 is 13.9 Å². The predicted octanol–water partition coefficient (Wildman–Crippen LogP) is 4.12. The Kier molecular flexibility index (Phi) is 6.33. The fraction of sp³-hybridized carbons (Fsp3) is 0.238. The molecule has 154 valence electrons. The topological polar surface area (TPSA) is 78.6 Å². The zero-order chi connectivity index (χ0) is 21.1. The number of hydrogen-bond donors (Lipinski definition) is 1. The van der Waals surface area contributed by atoms with Gasteiger partial charge in [0.2, 0.25) is 5.16 Å². The van der Waals surface area contributed by atoms with E-state index in [2.05, 4.69) is 0 Å². The Bertz CT molecular complexity index is 1050. The maximum Gasteiger partial charge on any atom is 0.307 e. The van der Waals surface area contributed by atoms with Gasteiger partial charge in [-0.05, 0) is 54.9 Å². The number of para-hydroxylation sites is 2. The van der Waals surface area contributed by atoms with Gasteiger partial charge in [0.05, 0.1) is 12.9 Å². The molecule has 1 unspecified atom stereocenters. The van der Waals surface area contributed by atoms with E-state index in [-0.39, 0.29) is 24.0 Å². The van der Waals surface area contributed by atoms with E-state index in [1.54, 1.807) is 62.6 Å². The summed E-state index contributed by atoms with van der Waals surface area (Å²) in [4.78, 5) is 0. The molecule has 3 rings (SSSR count). The molecule has 1 heterocycles. The molecule has 0 fully saturated rings. The fourth-order valence-corrected chi connectivity index (χ4v) is 5.48. The van der Waals surface area contributed by atoms with Crippen molar-refractivity contribution in [3.8, 4) is 17.2 Å². The van der Waals surface area contributed by atoms with Crippen LogP contribution in [0.5, 0.6) is 17.2 Å². The number of nitrogens with zero attached hydrogens (tertiary/aromatic N) is 1. The first-order valence-electron chi connectivity index (χ1n) is 9.18. The van der Waals surface area contributed by atoms with E-state index in [4.69, 9.17) is 26.8 Å². The Labute approximate surface area is 176 Å². The second-order valence-electron chi connectivity index (χ2n) is 6.46. The highest BCUT2D eigenvalue weighted by Gasteiger charge is 2.48. The van der Waals surface area contributed by atoms with Crippen molar-refractivity contribution < 1.29 is 17.9 Å². The van der Waals surface area contributed by atoms with Crippen molar-refractivity contribution in [1.82, 2.24) is 3.89 Å². The zero-order valence-electron chi connectivity index (χ0n) is 16.3. The lowest BCUT2D eigenvalue weighted by atomic mass is 10.2. The first-order chi connectivity index (χ1) is 13.9. The number of rotatable bonds is 7. The van der Waals surface area contributed by atoms with Crippen LogP contribution in [0.1, 0.15) is 6.92 Å². The first kappa shape index (κ1) is 21.4. The largest absolute Gasteiger partial charge is 0.493 e. The van der Waals surface area contributed by atoms with E-state index in [1.165, 1.54) is 0 Å². The Morgan fingerprint density at radius 2 is 1.76 bits per heavy atom. The molecule has 2 aromatic carbocycles. The molecule has 0 radical (unpaired) electrons. The number of ether oxygens (including phenoxy) is 2. The van der Waals surface area contributed by atoms with Gasteiger partial charge in [0.25, 0.3) is 0 Å². The Hall–Kier alpha value is -2.32. The average Bonchev–Trinajstić information content (AvgIpc) is 2.75. The van der Waals surface area contributed by atoms with Gasteiger partial charge in [-0.15, -0.1) is 3.89 Å². The Balaban J connectivity index is 2.03. The third kappa shape index (κ3) is 3.79. The van der Waals surface area contributed by atoms with Crippen LogP contribution in [0.15, 0.2) is 71.4 Å². The number of quaternary nitrogens is 1. The quantitative estimate of drug-likeness (QED) is 0.522. The van der Waals surface area contributed by atoms with Gasteiger partial charge in [-0.1, -0.05) is 12.1 Å². The van der Waals surface area contributed by atoms with Gasteiger partial charge in [-0.2, -0.15) is 8.42 Å². The minimum Gasteiger partial charge on any atom is -0.493 e. The Morgan fingerprint density at radius 1 is 1.10 bits per heavy atom. The molecule has 0 bridgehead atoms. The molecule has 0 aliphatic carbocycles. The molecule has 2 aromatic rings. The highest BCUT2D eigenvalue weighted by molar-refractivity contribution is 7.91. The number of methoxy groups -OCH3 is 1. The molecule has 0 saturated carbocycles. The summed E-state index contributed by atoms with van der Waals surface area (Å²) in [5.74, 6) is 1.66. The summed E-state index contributed by atoms with van der Waals surface area (Å²) in [6, 6.07) is 14.2. The SMILES string of the molecule is CCS(=O)(=O)[N+]1(c2ccc(Oc3ccccc3OC)cc2)CC=CC(CN)=C1Cl. The van der Waals surface area contributed by atoms with Crippen LogP contribution in [-0.4, -0.2) is 34.4 Å². The molecule has 29 heavy (non-hydrogen) atoms. The van der Waals surface area contributed by atoms with Gasteiger partial charge in [-0.25, -0.2) is 0 Å². The zero-order valence-corrected chi connectivity index (χ0v) is 17.9. The van der Waals surface area contributed by atoms with Gasteiger partial charge >= 0.3 is 10.0 Å². The molecule has 0 aromatic heterocycles. The molecule has 1 atom stereocenters. The standard InChI is InChI=1S/C21H24ClN2O4S/c1-3-29(25,26)24(14-6-7-16(15-23)21(24)22)17-10-12-18(13-11-17)28-20-9-5-4-8-19(20)27-2/h4-13H,3,14-15,23H2,1-2H3/q+1. The molecule has 2 N–H and O–H groups in total. The first-order valence-corrected chi connectivity index (χ1v) is 11.2. The number of nitrogens with two attached hydrogens (primary N) is 1. The summed E-state index contributed by atoms with van der Waals surface area (Å²) in [5, 5.41) is 0.204. The monoisotopic (exact) mass is 435 g/mol. The van der Waals surface area contributed by atoms with E-state index in [0.29, 0.717) is 28.5 Å². The van der Waals surface area contributed by atoms with Crippen LogP contribution in [0.2, 0.25) is 0 Å². The lowest BCUT2D eigenvalue weighted by Crippen LogP contribution is -2.54. The normalized spacial score (nSPS) is 19.3. The van der Waals surface area contributed by atoms with Gasteiger partial charge in [0.1, 0.15) is 12.3 Å². The van der Waals surface area contributed by atoms with Gasteiger partial charge in [0, 0.05) is 24.3 Å². The van der Waals surface area contributed by atoms with Crippen LogP contribution in [0, 0.1) is 0 Å². The molecular weight excluding hydrogens is 412 g/mol. The van der Waals surface area contributed by atoms with Crippen molar-refractivity contribution in [2.75, 3.05) is 26.0 Å². The molecule has 0 amide bonds. The molecule has 8 heteroatoms. The van der Waals surface area contributed by atoms with E-state index >= 15 is 0 Å². The molecule has 0 saturated heterocycles. The van der Waals surface area contributed by atoms with Crippen molar-refractivity contribution in [3.05, 3.63) is 71.4 Å². The molecule has 0 spiro atoms. The second kappa shape index (κ2) is 8.59. The highest BCUT2D eigenvalue weighted by Crippen LogP contribution is 2.41. The van der Waals surface area contributed by atoms with E-state index in [0.717, 1.165) is 0 Å². The van der Waals surface area contributed by atoms with Gasteiger partial charge in [0.15, 0.2) is 17.2 Å². The van der Waals surface area contributed by atoms with E-state index in [9.17, 15) is 8.42 Å².